The molecule has 5 heteroatoms. The quantitative estimate of drug-likeness (QED) is 0.866. The highest BCUT2D eigenvalue weighted by atomic mass is 32.1. The molecule has 0 spiro atoms. The Bertz CT molecular complexity index is 323. The van der Waals surface area contributed by atoms with Crippen LogP contribution in [0.3, 0.4) is 0 Å². The number of hydrogen-bond acceptors (Lipinski definition) is 5. The van der Waals surface area contributed by atoms with Gasteiger partial charge in [0.25, 0.3) is 0 Å². The third-order valence-electron chi connectivity index (χ3n) is 2.88. The van der Waals surface area contributed by atoms with Crippen molar-refractivity contribution in [2.45, 2.75) is 19.3 Å². The Morgan fingerprint density at radius 2 is 2.31 bits per heavy atom. The Hall–Kier alpha value is -0.650. The summed E-state index contributed by atoms with van der Waals surface area (Å²) in [6, 6.07) is 0. The predicted molar refractivity (Wildman–Crippen MR) is 67.2 cm³/mol. The van der Waals surface area contributed by atoms with Crippen LogP contribution in [0, 0.1) is 0 Å². The van der Waals surface area contributed by atoms with Crippen molar-refractivity contribution in [3.63, 3.8) is 0 Å². The Labute approximate surface area is 100 Å². The molecule has 2 N–H and O–H groups in total. The van der Waals surface area contributed by atoms with Gasteiger partial charge in [0, 0.05) is 24.2 Å². The van der Waals surface area contributed by atoms with Gasteiger partial charge in [0.05, 0.1) is 13.2 Å². The summed E-state index contributed by atoms with van der Waals surface area (Å²) in [5, 5.41) is 1.13. The zero-order chi connectivity index (χ0) is 11.4. The molecule has 4 nitrogen and oxygen atoms in total. The predicted octanol–water partition coefficient (Wildman–Crippen LogP) is 1.43. The lowest BCUT2D eigenvalue weighted by Gasteiger charge is -2.26. The second-order valence-electron chi connectivity index (χ2n) is 4.12. The molecule has 1 fully saturated rings. The molecule has 90 valence electrons. The first-order valence-electron chi connectivity index (χ1n) is 5.79. The maximum atomic E-state index is 5.57. The van der Waals surface area contributed by atoms with Gasteiger partial charge in [0.2, 0.25) is 0 Å². The molecular formula is C11H19N3OS. The first kappa shape index (κ1) is 11.8. The molecule has 0 radical (unpaired) electrons. The molecule has 16 heavy (non-hydrogen) atoms. The third kappa shape index (κ3) is 2.72. The Kier molecular flexibility index (Phi) is 4.15. The Morgan fingerprint density at radius 3 is 3.00 bits per heavy atom. The zero-order valence-electron chi connectivity index (χ0n) is 9.69. The van der Waals surface area contributed by atoms with Crippen molar-refractivity contribution in [1.29, 1.82) is 0 Å². The van der Waals surface area contributed by atoms with Gasteiger partial charge in [-0.15, -0.1) is 11.3 Å². The van der Waals surface area contributed by atoms with Crippen LogP contribution in [0.25, 0.3) is 0 Å². The number of rotatable bonds is 4. The molecule has 1 aromatic rings. The van der Waals surface area contributed by atoms with E-state index in [1.807, 2.05) is 6.20 Å². The van der Waals surface area contributed by atoms with Gasteiger partial charge in [-0.3, -0.25) is 0 Å². The maximum absolute atomic E-state index is 5.57. The molecule has 0 aliphatic carbocycles. The minimum Gasteiger partial charge on any atom is -0.378 e. The fraction of sp³-hybridized carbons (Fsp3) is 0.727. The second-order valence-corrected chi connectivity index (χ2v) is 5.16. The molecule has 1 aliphatic heterocycles. The van der Waals surface area contributed by atoms with E-state index in [1.54, 1.807) is 11.3 Å². The van der Waals surface area contributed by atoms with E-state index in [4.69, 9.17) is 10.5 Å². The van der Waals surface area contributed by atoms with Crippen LogP contribution in [0.2, 0.25) is 0 Å². The van der Waals surface area contributed by atoms with E-state index in [9.17, 15) is 0 Å². The fourth-order valence-corrected chi connectivity index (χ4v) is 2.85. The Morgan fingerprint density at radius 1 is 1.56 bits per heavy atom. The number of aromatic nitrogens is 1. The minimum absolute atomic E-state index is 0.525. The van der Waals surface area contributed by atoms with Gasteiger partial charge in [-0.05, 0) is 18.9 Å². The van der Waals surface area contributed by atoms with Gasteiger partial charge in [-0.1, -0.05) is 6.92 Å². The molecule has 1 atom stereocenters. The smallest absolute Gasteiger partial charge is 0.185 e. The highest BCUT2D eigenvalue weighted by molar-refractivity contribution is 7.15. The van der Waals surface area contributed by atoms with Crippen LogP contribution < -0.4 is 10.6 Å². The van der Waals surface area contributed by atoms with Crippen molar-refractivity contribution in [2.24, 2.45) is 5.73 Å². The molecule has 1 unspecified atom stereocenters. The number of nitrogens with zero attached hydrogens (tertiary/aromatic N) is 2. The molecule has 0 aromatic carbocycles. The van der Waals surface area contributed by atoms with E-state index < -0.39 is 0 Å². The first-order chi connectivity index (χ1) is 7.81. The average molecular weight is 241 g/mol. The first-order valence-corrected chi connectivity index (χ1v) is 6.61. The summed E-state index contributed by atoms with van der Waals surface area (Å²) in [6.07, 6.45) is 3.03. The van der Waals surface area contributed by atoms with Crippen LogP contribution in [-0.4, -0.2) is 37.8 Å². The second kappa shape index (κ2) is 5.61. The summed E-state index contributed by atoms with van der Waals surface area (Å²) in [5.41, 5.74) is 5.57. The Balaban J connectivity index is 2.00. The van der Waals surface area contributed by atoms with Gasteiger partial charge < -0.3 is 15.4 Å². The topological polar surface area (TPSA) is 51.4 Å². The number of ether oxygens (including phenoxy) is 1. The summed E-state index contributed by atoms with van der Waals surface area (Å²) in [6.45, 7) is 6.49. The van der Waals surface area contributed by atoms with Crippen molar-refractivity contribution in [3.8, 4) is 0 Å². The summed E-state index contributed by atoms with van der Waals surface area (Å²) >= 11 is 1.79. The molecule has 1 saturated heterocycles. The highest BCUT2D eigenvalue weighted by Gasteiger charge is 2.16. The monoisotopic (exact) mass is 241 g/mol. The summed E-state index contributed by atoms with van der Waals surface area (Å²) in [4.78, 5) is 8.13. The third-order valence-corrected chi connectivity index (χ3v) is 4.17. The van der Waals surface area contributed by atoms with Crippen molar-refractivity contribution >= 4 is 16.5 Å². The van der Waals surface area contributed by atoms with E-state index in [1.165, 1.54) is 4.88 Å². The lowest BCUT2D eigenvalue weighted by atomic mass is 10.1. The summed E-state index contributed by atoms with van der Waals surface area (Å²) < 4.78 is 5.33. The van der Waals surface area contributed by atoms with Crippen molar-refractivity contribution in [1.82, 2.24) is 4.98 Å². The number of nitrogens with two attached hydrogens (primary N) is 1. The van der Waals surface area contributed by atoms with Crippen molar-refractivity contribution in [2.75, 3.05) is 37.7 Å². The SMILES string of the molecule is CC(CCN)c1cnc(N2CCOCC2)s1. The number of anilines is 1. The number of morpholine rings is 1. The van der Waals surface area contributed by atoms with Gasteiger partial charge in [-0.2, -0.15) is 0 Å². The van der Waals surface area contributed by atoms with Gasteiger partial charge in [0.15, 0.2) is 5.13 Å². The average Bonchev–Trinajstić information content (AvgIpc) is 2.80. The van der Waals surface area contributed by atoms with E-state index in [0.717, 1.165) is 44.4 Å². The standard InChI is InChI=1S/C11H19N3OS/c1-9(2-3-12)10-8-13-11(16-10)14-4-6-15-7-5-14/h8-9H,2-7,12H2,1H3. The minimum atomic E-state index is 0.525. The van der Waals surface area contributed by atoms with Crippen LogP contribution in [-0.2, 0) is 4.74 Å². The van der Waals surface area contributed by atoms with E-state index in [-0.39, 0.29) is 0 Å². The number of thiazole rings is 1. The molecule has 0 bridgehead atoms. The lowest BCUT2D eigenvalue weighted by molar-refractivity contribution is 0.122. The van der Waals surface area contributed by atoms with Crippen LogP contribution in [0.1, 0.15) is 24.1 Å². The zero-order valence-corrected chi connectivity index (χ0v) is 10.5. The van der Waals surface area contributed by atoms with E-state index >= 15 is 0 Å². The lowest BCUT2D eigenvalue weighted by Crippen LogP contribution is -2.36. The number of hydrogen-bond donors (Lipinski definition) is 1. The highest BCUT2D eigenvalue weighted by Crippen LogP contribution is 2.29. The van der Waals surface area contributed by atoms with Gasteiger partial charge in [-0.25, -0.2) is 4.98 Å². The van der Waals surface area contributed by atoms with Gasteiger partial charge >= 0.3 is 0 Å². The van der Waals surface area contributed by atoms with Crippen LogP contribution in [0.5, 0.6) is 0 Å². The van der Waals surface area contributed by atoms with Crippen LogP contribution in [0.4, 0.5) is 5.13 Å². The van der Waals surface area contributed by atoms with Crippen molar-refractivity contribution < 1.29 is 4.74 Å². The molecule has 2 rings (SSSR count). The van der Waals surface area contributed by atoms with Crippen molar-refractivity contribution in [3.05, 3.63) is 11.1 Å². The summed E-state index contributed by atoms with van der Waals surface area (Å²) in [5.74, 6) is 0.525. The molecule has 0 saturated carbocycles. The molecule has 1 aliphatic rings. The molecule has 1 aromatic heterocycles. The molecule has 0 amide bonds. The van der Waals surface area contributed by atoms with E-state index in [0.29, 0.717) is 5.92 Å². The van der Waals surface area contributed by atoms with Crippen LogP contribution >= 0.6 is 11.3 Å². The van der Waals surface area contributed by atoms with Crippen LogP contribution in [0.15, 0.2) is 6.20 Å². The molecular weight excluding hydrogens is 222 g/mol. The maximum Gasteiger partial charge on any atom is 0.185 e. The molecule has 2 heterocycles. The van der Waals surface area contributed by atoms with E-state index in [2.05, 4.69) is 16.8 Å². The largest absolute Gasteiger partial charge is 0.378 e. The normalized spacial score (nSPS) is 18.8. The van der Waals surface area contributed by atoms with Gasteiger partial charge in [0.1, 0.15) is 0 Å². The summed E-state index contributed by atoms with van der Waals surface area (Å²) in [7, 11) is 0. The fourth-order valence-electron chi connectivity index (χ4n) is 1.80.